The summed E-state index contributed by atoms with van der Waals surface area (Å²) in [7, 11) is 0. The summed E-state index contributed by atoms with van der Waals surface area (Å²) in [6.45, 7) is 3.04. The van der Waals surface area contributed by atoms with Crippen molar-refractivity contribution in [1.29, 1.82) is 0 Å². The van der Waals surface area contributed by atoms with Gasteiger partial charge < -0.3 is 19.7 Å². The van der Waals surface area contributed by atoms with E-state index in [1.807, 2.05) is 36.4 Å². The predicted molar refractivity (Wildman–Crippen MR) is 105 cm³/mol. The normalized spacial score (nSPS) is 21.1. The third kappa shape index (κ3) is 4.32. The maximum Gasteiger partial charge on any atom is 0.231 e. The number of amides is 1. The second kappa shape index (κ2) is 7.97. The lowest BCUT2D eigenvalue weighted by Crippen LogP contribution is -3.11. The highest BCUT2D eigenvalue weighted by atomic mass is 35.5. The van der Waals surface area contributed by atoms with Crippen LogP contribution in [-0.2, 0) is 11.3 Å². The molecule has 2 N–H and O–H groups in total. The van der Waals surface area contributed by atoms with Gasteiger partial charge >= 0.3 is 0 Å². The van der Waals surface area contributed by atoms with Crippen LogP contribution in [0.4, 0.5) is 5.69 Å². The Morgan fingerprint density at radius 3 is 2.59 bits per heavy atom. The molecule has 1 amide bonds. The number of anilines is 1. The van der Waals surface area contributed by atoms with E-state index < -0.39 is 0 Å². The molecule has 7 heteroatoms. The molecule has 142 valence electrons. The van der Waals surface area contributed by atoms with Gasteiger partial charge in [-0.2, -0.15) is 0 Å². The van der Waals surface area contributed by atoms with E-state index in [9.17, 15) is 4.79 Å². The maximum atomic E-state index is 12.6. The number of nitrogens with one attached hydrogen (secondary N) is 2. The largest absolute Gasteiger partial charge is 0.454 e. The topological polar surface area (TPSA) is 52.0 Å². The lowest BCUT2D eigenvalue weighted by atomic mass is 9.95. The molecule has 0 saturated carbocycles. The minimum atomic E-state index is 0.0352. The smallest absolute Gasteiger partial charge is 0.231 e. The quantitative estimate of drug-likeness (QED) is 0.818. The third-order valence-electron chi connectivity index (χ3n) is 5.14. The van der Waals surface area contributed by atoms with Gasteiger partial charge in [-0.3, -0.25) is 4.79 Å². The number of hydrogen-bond acceptors (Lipinski definition) is 3. The number of hydrogen-bond donors (Lipinski definition) is 2. The second-order valence-corrected chi connectivity index (χ2v) is 7.82. The van der Waals surface area contributed by atoms with Crippen LogP contribution >= 0.6 is 23.2 Å². The van der Waals surface area contributed by atoms with Crippen LogP contribution < -0.4 is 19.7 Å². The Kier molecular flexibility index (Phi) is 5.43. The second-order valence-electron chi connectivity index (χ2n) is 7.01. The molecule has 0 bridgehead atoms. The van der Waals surface area contributed by atoms with Crippen molar-refractivity contribution in [2.24, 2.45) is 5.92 Å². The zero-order chi connectivity index (χ0) is 18.8. The molecule has 0 spiro atoms. The minimum absolute atomic E-state index is 0.0352. The molecule has 1 saturated heterocycles. The fraction of sp³-hybridized carbons (Fsp3) is 0.350. The summed E-state index contributed by atoms with van der Waals surface area (Å²) < 4.78 is 10.7. The third-order valence-corrected chi connectivity index (χ3v) is 5.88. The highest BCUT2D eigenvalue weighted by molar-refractivity contribution is 6.42. The van der Waals surface area contributed by atoms with E-state index in [0.29, 0.717) is 21.5 Å². The number of likely N-dealkylation sites (tertiary alicyclic amines) is 1. The fourth-order valence-corrected chi connectivity index (χ4v) is 3.94. The van der Waals surface area contributed by atoms with Crippen LogP contribution in [0.15, 0.2) is 36.4 Å². The molecule has 0 unspecified atom stereocenters. The van der Waals surface area contributed by atoms with Gasteiger partial charge in [-0.1, -0.05) is 29.3 Å². The van der Waals surface area contributed by atoms with Crippen LogP contribution in [0.3, 0.4) is 0 Å². The number of quaternary nitrogens is 1. The van der Waals surface area contributed by atoms with Crippen molar-refractivity contribution >= 4 is 34.8 Å². The molecule has 0 atom stereocenters. The number of fused-ring (bicyclic) bond motifs is 1. The van der Waals surface area contributed by atoms with Crippen molar-refractivity contribution in [2.45, 2.75) is 19.4 Å². The summed E-state index contributed by atoms with van der Waals surface area (Å²) in [6.07, 6.45) is 1.74. The van der Waals surface area contributed by atoms with E-state index in [2.05, 4.69) is 5.32 Å². The Labute approximate surface area is 168 Å². The van der Waals surface area contributed by atoms with Gasteiger partial charge in [0.15, 0.2) is 11.5 Å². The monoisotopic (exact) mass is 407 g/mol. The summed E-state index contributed by atoms with van der Waals surface area (Å²) in [6, 6.07) is 11.3. The first-order chi connectivity index (χ1) is 13.1. The molecule has 2 aliphatic heterocycles. The molecule has 2 aliphatic rings. The van der Waals surface area contributed by atoms with E-state index in [-0.39, 0.29) is 18.6 Å². The first kappa shape index (κ1) is 18.4. The van der Waals surface area contributed by atoms with Crippen LogP contribution in [0.2, 0.25) is 10.0 Å². The van der Waals surface area contributed by atoms with Gasteiger partial charge in [-0.15, -0.1) is 0 Å². The van der Waals surface area contributed by atoms with Gasteiger partial charge in [0.25, 0.3) is 0 Å². The van der Waals surface area contributed by atoms with Crippen molar-refractivity contribution < 1.29 is 19.2 Å². The lowest BCUT2D eigenvalue weighted by Gasteiger charge is -2.28. The summed E-state index contributed by atoms with van der Waals surface area (Å²) in [5, 5.41) is 4.17. The fourth-order valence-electron chi connectivity index (χ4n) is 3.62. The number of benzene rings is 2. The SMILES string of the molecule is O=C(Nc1ccc2c(c1)OCO2)C1CC[NH+](Cc2ccc(Cl)c(Cl)c2)CC1. The predicted octanol–water partition coefficient (Wildman–Crippen LogP) is 3.16. The van der Waals surface area contributed by atoms with Crippen molar-refractivity contribution in [1.82, 2.24) is 0 Å². The molecule has 2 aromatic rings. The van der Waals surface area contributed by atoms with Crippen LogP contribution in [-0.4, -0.2) is 25.8 Å². The van der Waals surface area contributed by atoms with E-state index in [4.69, 9.17) is 32.7 Å². The number of piperidine rings is 1. The number of ether oxygens (including phenoxy) is 2. The minimum Gasteiger partial charge on any atom is -0.454 e. The lowest BCUT2D eigenvalue weighted by molar-refractivity contribution is -0.919. The molecule has 0 radical (unpaired) electrons. The molecule has 1 fully saturated rings. The van der Waals surface area contributed by atoms with Gasteiger partial charge in [-0.05, 0) is 24.3 Å². The van der Waals surface area contributed by atoms with Crippen LogP contribution in [0.1, 0.15) is 18.4 Å². The van der Waals surface area contributed by atoms with Crippen molar-refractivity contribution in [2.75, 3.05) is 25.2 Å². The van der Waals surface area contributed by atoms with Crippen molar-refractivity contribution in [3.63, 3.8) is 0 Å². The average molecular weight is 408 g/mol. The Morgan fingerprint density at radius 1 is 1.04 bits per heavy atom. The summed E-state index contributed by atoms with van der Waals surface area (Å²) in [5.41, 5.74) is 1.91. The van der Waals surface area contributed by atoms with Gasteiger partial charge in [0, 0.05) is 36.1 Å². The van der Waals surface area contributed by atoms with Gasteiger partial charge in [0.2, 0.25) is 12.7 Å². The van der Waals surface area contributed by atoms with Gasteiger partial charge in [0.05, 0.1) is 23.1 Å². The maximum absolute atomic E-state index is 12.6. The number of carbonyl (C=O) groups excluding carboxylic acids is 1. The van der Waals surface area contributed by atoms with Crippen LogP contribution in [0.25, 0.3) is 0 Å². The zero-order valence-electron chi connectivity index (χ0n) is 14.8. The van der Waals surface area contributed by atoms with E-state index in [1.54, 1.807) is 0 Å². The molecule has 2 aromatic carbocycles. The summed E-state index contributed by atoms with van der Waals surface area (Å²) in [5.74, 6) is 1.50. The van der Waals surface area contributed by atoms with Crippen molar-refractivity contribution in [3.05, 3.63) is 52.0 Å². The molecule has 0 aliphatic carbocycles. The number of rotatable bonds is 4. The Balaban J connectivity index is 1.29. The Bertz CT molecular complexity index is 851. The molecule has 27 heavy (non-hydrogen) atoms. The number of halogens is 2. The van der Waals surface area contributed by atoms with E-state index >= 15 is 0 Å². The summed E-state index contributed by atoms with van der Waals surface area (Å²) >= 11 is 12.1. The van der Waals surface area contributed by atoms with E-state index in [1.165, 1.54) is 10.5 Å². The standard InChI is InChI=1S/C20H20Cl2N2O3/c21-16-3-1-13(9-17(16)22)11-24-7-5-14(6-8-24)20(25)23-15-2-4-18-19(10-15)27-12-26-18/h1-4,9-10,14H,5-8,11-12H2,(H,23,25)/p+1. The first-order valence-corrected chi connectivity index (χ1v) is 9.82. The Morgan fingerprint density at radius 2 is 1.81 bits per heavy atom. The zero-order valence-corrected chi connectivity index (χ0v) is 16.3. The molecule has 2 heterocycles. The van der Waals surface area contributed by atoms with Crippen LogP contribution in [0, 0.1) is 5.92 Å². The molecule has 0 aromatic heterocycles. The first-order valence-electron chi connectivity index (χ1n) is 9.06. The molecule has 5 nitrogen and oxygen atoms in total. The number of carbonyl (C=O) groups is 1. The van der Waals surface area contributed by atoms with Crippen molar-refractivity contribution in [3.8, 4) is 11.5 Å². The van der Waals surface area contributed by atoms with Gasteiger partial charge in [-0.25, -0.2) is 0 Å². The van der Waals surface area contributed by atoms with Crippen LogP contribution in [0.5, 0.6) is 11.5 Å². The Hall–Kier alpha value is -1.95. The summed E-state index contributed by atoms with van der Waals surface area (Å²) in [4.78, 5) is 14.0. The van der Waals surface area contributed by atoms with Gasteiger partial charge in [0.1, 0.15) is 6.54 Å². The molecule has 4 rings (SSSR count). The highest BCUT2D eigenvalue weighted by Gasteiger charge is 2.28. The van der Waals surface area contributed by atoms with E-state index in [0.717, 1.165) is 38.2 Å². The average Bonchev–Trinajstić information content (AvgIpc) is 3.13. The highest BCUT2D eigenvalue weighted by Crippen LogP contribution is 2.34. The molecular weight excluding hydrogens is 387 g/mol. The molecular formula is C20H21Cl2N2O3+.